The highest BCUT2D eigenvalue weighted by Gasteiger charge is 2.17. The second-order valence-corrected chi connectivity index (χ2v) is 4.69. The Bertz CT molecular complexity index is 342. The van der Waals surface area contributed by atoms with Crippen molar-refractivity contribution in [1.29, 1.82) is 0 Å². The minimum Gasteiger partial charge on any atom is -0.376 e. The molecule has 1 fully saturated rings. The number of hydrogen-bond donors (Lipinski definition) is 1. The average molecular weight is 225 g/mol. The summed E-state index contributed by atoms with van der Waals surface area (Å²) in [6.45, 7) is 3.42. The van der Waals surface area contributed by atoms with Crippen molar-refractivity contribution in [3.05, 3.63) is 21.9 Å². The fraction of sp³-hybridized carbons (Fsp3) is 0.545. The minimum absolute atomic E-state index is 0.0259. The van der Waals surface area contributed by atoms with Gasteiger partial charge in [0.25, 0.3) is 5.91 Å². The Labute approximate surface area is 93.4 Å². The van der Waals surface area contributed by atoms with Gasteiger partial charge < -0.3 is 10.1 Å². The first-order chi connectivity index (χ1) is 7.27. The highest BCUT2D eigenvalue weighted by atomic mass is 32.1. The maximum atomic E-state index is 11.7. The molecule has 1 aliphatic heterocycles. The smallest absolute Gasteiger partial charge is 0.261 e. The third-order valence-corrected chi connectivity index (χ3v) is 3.60. The molecule has 0 bridgehead atoms. The number of nitrogens with one attached hydrogen (secondary N) is 1. The van der Waals surface area contributed by atoms with E-state index in [1.54, 1.807) is 0 Å². The van der Waals surface area contributed by atoms with Gasteiger partial charge in [-0.3, -0.25) is 4.79 Å². The van der Waals surface area contributed by atoms with Crippen LogP contribution in [0, 0.1) is 6.92 Å². The molecule has 82 valence electrons. The second kappa shape index (κ2) is 4.77. The first-order valence-electron chi connectivity index (χ1n) is 5.21. The summed E-state index contributed by atoms with van der Waals surface area (Å²) in [6.07, 6.45) is 2.39. The van der Waals surface area contributed by atoms with Crippen molar-refractivity contribution < 1.29 is 9.53 Å². The fourth-order valence-electron chi connectivity index (χ4n) is 1.70. The Morgan fingerprint density at radius 2 is 2.60 bits per heavy atom. The van der Waals surface area contributed by atoms with E-state index in [4.69, 9.17) is 4.74 Å². The van der Waals surface area contributed by atoms with Crippen molar-refractivity contribution in [3.8, 4) is 0 Å². The molecule has 1 saturated heterocycles. The van der Waals surface area contributed by atoms with Crippen LogP contribution in [0.2, 0.25) is 0 Å². The van der Waals surface area contributed by atoms with E-state index in [1.807, 2.05) is 18.4 Å². The Balaban J connectivity index is 1.84. The van der Waals surface area contributed by atoms with Gasteiger partial charge in [0.2, 0.25) is 0 Å². The van der Waals surface area contributed by atoms with E-state index in [1.165, 1.54) is 11.3 Å². The number of thiophene rings is 1. The molecular weight excluding hydrogens is 210 g/mol. The van der Waals surface area contributed by atoms with Crippen molar-refractivity contribution in [2.45, 2.75) is 25.9 Å². The minimum atomic E-state index is 0.0259. The zero-order chi connectivity index (χ0) is 10.7. The quantitative estimate of drug-likeness (QED) is 0.854. The van der Waals surface area contributed by atoms with Gasteiger partial charge in [-0.25, -0.2) is 0 Å². The molecule has 0 saturated carbocycles. The lowest BCUT2D eigenvalue weighted by Crippen LogP contribution is -2.31. The average Bonchev–Trinajstić information content (AvgIpc) is 2.84. The first-order valence-corrected chi connectivity index (χ1v) is 6.09. The molecule has 1 aliphatic rings. The number of aryl methyl sites for hydroxylation is 1. The lowest BCUT2D eigenvalue weighted by Gasteiger charge is -2.10. The van der Waals surface area contributed by atoms with E-state index in [2.05, 4.69) is 5.32 Å². The van der Waals surface area contributed by atoms with Crippen molar-refractivity contribution in [1.82, 2.24) is 5.32 Å². The largest absolute Gasteiger partial charge is 0.376 e. The lowest BCUT2D eigenvalue weighted by molar-refractivity contribution is 0.0860. The number of hydrogen-bond acceptors (Lipinski definition) is 3. The van der Waals surface area contributed by atoms with E-state index >= 15 is 0 Å². The normalized spacial score (nSPS) is 20.5. The molecule has 1 amide bonds. The van der Waals surface area contributed by atoms with Gasteiger partial charge in [-0.05, 0) is 36.8 Å². The lowest BCUT2D eigenvalue weighted by atomic mass is 10.2. The Hall–Kier alpha value is -0.870. The third kappa shape index (κ3) is 2.58. The Morgan fingerprint density at radius 1 is 1.73 bits per heavy atom. The van der Waals surface area contributed by atoms with Crippen molar-refractivity contribution >= 4 is 17.2 Å². The van der Waals surface area contributed by atoms with Crippen molar-refractivity contribution in [2.75, 3.05) is 13.2 Å². The maximum absolute atomic E-state index is 11.7. The topological polar surface area (TPSA) is 38.3 Å². The molecule has 1 aromatic heterocycles. The molecule has 0 aromatic carbocycles. The molecule has 3 nitrogen and oxygen atoms in total. The van der Waals surface area contributed by atoms with E-state index in [-0.39, 0.29) is 12.0 Å². The van der Waals surface area contributed by atoms with E-state index in [0.29, 0.717) is 6.54 Å². The molecule has 1 atom stereocenters. The molecule has 1 unspecified atom stereocenters. The van der Waals surface area contributed by atoms with E-state index < -0.39 is 0 Å². The van der Waals surface area contributed by atoms with Crippen LogP contribution in [0.1, 0.15) is 28.1 Å². The summed E-state index contributed by atoms with van der Waals surface area (Å²) >= 11 is 1.49. The zero-order valence-corrected chi connectivity index (χ0v) is 9.60. The van der Waals surface area contributed by atoms with E-state index in [0.717, 1.165) is 29.9 Å². The van der Waals surface area contributed by atoms with Crippen molar-refractivity contribution in [3.63, 3.8) is 0 Å². The van der Waals surface area contributed by atoms with Crippen LogP contribution < -0.4 is 5.32 Å². The highest BCUT2D eigenvalue weighted by Crippen LogP contribution is 2.16. The molecule has 0 radical (unpaired) electrons. The highest BCUT2D eigenvalue weighted by molar-refractivity contribution is 7.12. The molecule has 2 heterocycles. The van der Waals surface area contributed by atoms with Crippen LogP contribution in [-0.2, 0) is 4.74 Å². The van der Waals surface area contributed by atoms with Crippen LogP contribution in [0.5, 0.6) is 0 Å². The summed E-state index contributed by atoms with van der Waals surface area (Å²) in [5.74, 6) is 0.0259. The molecule has 15 heavy (non-hydrogen) atoms. The van der Waals surface area contributed by atoms with Crippen molar-refractivity contribution in [2.24, 2.45) is 0 Å². The van der Waals surface area contributed by atoms with Gasteiger partial charge in [0.1, 0.15) is 0 Å². The summed E-state index contributed by atoms with van der Waals surface area (Å²) in [7, 11) is 0. The summed E-state index contributed by atoms with van der Waals surface area (Å²) in [5, 5.41) is 4.86. The van der Waals surface area contributed by atoms with Gasteiger partial charge in [-0.15, -0.1) is 11.3 Å². The number of carbonyl (C=O) groups excluding carboxylic acids is 1. The van der Waals surface area contributed by atoms with Gasteiger partial charge >= 0.3 is 0 Å². The molecule has 2 rings (SSSR count). The maximum Gasteiger partial charge on any atom is 0.261 e. The molecular formula is C11H15NO2S. The summed E-state index contributed by atoms with van der Waals surface area (Å²) < 4.78 is 5.44. The predicted octanol–water partition coefficient (Wildman–Crippen LogP) is 1.97. The number of ether oxygens (including phenoxy) is 1. The third-order valence-electron chi connectivity index (χ3n) is 2.58. The van der Waals surface area contributed by atoms with Crippen LogP contribution in [0.15, 0.2) is 11.4 Å². The van der Waals surface area contributed by atoms with Crippen LogP contribution >= 0.6 is 11.3 Å². The van der Waals surface area contributed by atoms with Gasteiger partial charge in [-0.1, -0.05) is 0 Å². The van der Waals surface area contributed by atoms with Crippen LogP contribution in [0.3, 0.4) is 0 Å². The molecule has 0 aliphatic carbocycles. The van der Waals surface area contributed by atoms with Gasteiger partial charge in [0, 0.05) is 13.2 Å². The predicted molar refractivity (Wildman–Crippen MR) is 60.4 cm³/mol. The summed E-state index contributed by atoms with van der Waals surface area (Å²) in [6, 6.07) is 1.96. The van der Waals surface area contributed by atoms with Gasteiger partial charge in [-0.2, -0.15) is 0 Å². The standard InChI is InChI=1S/C11H15NO2S/c1-8-4-6-15-10(8)11(13)12-7-9-3-2-5-14-9/h4,6,9H,2-3,5,7H2,1H3,(H,12,13). The number of rotatable bonds is 3. The second-order valence-electron chi connectivity index (χ2n) is 3.78. The van der Waals surface area contributed by atoms with Crippen LogP contribution in [0.25, 0.3) is 0 Å². The molecule has 1 N–H and O–H groups in total. The SMILES string of the molecule is Cc1ccsc1C(=O)NCC1CCCO1. The monoisotopic (exact) mass is 225 g/mol. The fourth-order valence-corrected chi connectivity index (χ4v) is 2.54. The molecule has 4 heteroatoms. The Kier molecular flexibility index (Phi) is 3.38. The molecule has 1 aromatic rings. The number of carbonyl (C=O) groups is 1. The van der Waals surface area contributed by atoms with E-state index in [9.17, 15) is 4.79 Å². The van der Waals surface area contributed by atoms with Gasteiger partial charge in [0.15, 0.2) is 0 Å². The zero-order valence-electron chi connectivity index (χ0n) is 8.79. The summed E-state index contributed by atoms with van der Waals surface area (Å²) in [4.78, 5) is 12.5. The summed E-state index contributed by atoms with van der Waals surface area (Å²) in [5.41, 5.74) is 1.05. The first kappa shape index (κ1) is 10.6. The molecule has 0 spiro atoms. The number of amides is 1. The van der Waals surface area contributed by atoms with Crippen LogP contribution in [-0.4, -0.2) is 25.2 Å². The van der Waals surface area contributed by atoms with Gasteiger partial charge in [0.05, 0.1) is 11.0 Å². The van der Waals surface area contributed by atoms with Crippen LogP contribution in [0.4, 0.5) is 0 Å². The Morgan fingerprint density at radius 3 is 3.20 bits per heavy atom.